The van der Waals surface area contributed by atoms with Gasteiger partial charge in [0.05, 0.1) is 6.61 Å². The summed E-state index contributed by atoms with van der Waals surface area (Å²) < 4.78 is 10.7. The van der Waals surface area contributed by atoms with Crippen LogP contribution in [0.5, 0.6) is 0 Å². The molecule has 1 fully saturated rings. The largest absolute Gasteiger partial charge is 0.480 e. The molecule has 1 N–H and O–H groups in total. The summed E-state index contributed by atoms with van der Waals surface area (Å²) in [5.74, 6) is -1.36. The van der Waals surface area contributed by atoms with E-state index in [2.05, 4.69) is 0 Å². The molecule has 1 heterocycles. The number of carbonyl (C=O) groups is 2. The van der Waals surface area contributed by atoms with Crippen LogP contribution in [0.25, 0.3) is 0 Å². The first-order chi connectivity index (χ1) is 11.1. The van der Waals surface area contributed by atoms with Crippen LogP contribution in [0.2, 0.25) is 5.02 Å². The maximum Gasteiger partial charge on any atom is 0.323 e. The lowest BCUT2D eigenvalue weighted by Gasteiger charge is -2.33. The average molecular weight is 342 g/mol. The predicted octanol–water partition coefficient (Wildman–Crippen LogP) is 1.95. The Hall–Kier alpha value is -1.63. The van der Waals surface area contributed by atoms with Crippen LogP contribution >= 0.6 is 11.6 Å². The molecule has 1 aromatic carbocycles. The van der Waals surface area contributed by atoms with Crippen LogP contribution in [0.1, 0.15) is 18.4 Å². The number of hydrogen-bond donors (Lipinski definition) is 1. The normalized spacial score (nSPS) is 15.3. The van der Waals surface area contributed by atoms with Gasteiger partial charge in [-0.3, -0.25) is 9.59 Å². The topological polar surface area (TPSA) is 76.1 Å². The number of nitrogens with zero attached hydrogens (tertiary/aromatic N) is 1. The number of hydrogen-bond acceptors (Lipinski definition) is 4. The molecule has 0 unspecified atom stereocenters. The van der Waals surface area contributed by atoms with Crippen LogP contribution in [0.15, 0.2) is 24.3 Å². The van der Waals surface area contributed by atoms with Gasteiger partial charge in [0.25, 0.3) is 0 Å². The fourth-order valence-electron chi connectivity index (χ4n) is 2.51. The zero-order valence-electron chi connectivity index (χ0n) is 12.7. The zero-order valence-corrected chi connectivity index (χ0v) is 13.5. The molecular formula is C16H20ClNO5. The van der Waals surface area contributed by atoms with Gasteiger partial charge in [-0.15, -0.1) is 0 Å². The van der Waals surface area contributed by atoms with Crippen molar-refractivity contribution < 1.29 is 24.2 Å². The monoisotopic (exact) mass is 341 g/mol. The molecule has 1 saturated heterocycles. The van der Waals surface area contributed by atoms with E-state index in [1.165, 1.54) is 4.90 Å². The molecule has 0 atom stereocenters. The summed E-state index contributed by atoms with van der Waals surface area (Å²) in [5.41, 5.74) is 0.790. The molecule has 2 rings (SSSR count). The lowest BCUT2D eigenvalue weighted by molar-refractivity contribution is -0.150. The van der Waals surface area contributed by atoms with Gasteiger partial charge in [-0.1, -0.05) is 29.8 Å². The van der Waals surface area contributed by atoms with Gasteiger partial charge in [0.2, 0.25) is 5.91 Å². The van der Waals surface area contributed by atoms with E-state index in [1.54, 1.807) is 6.07 Å². The molecule has 23 heavy (non-hydrogen) atoms. The standard InChI is InChI=1S/C16H20ClNO5/c17-14-4-2-1-3-12(14)10-23-11-15(19)18(9-16(20)21)13-5-7-22-8-6-13/h1-4,13H,5-11H2,(H,20,21). The van der Waals surface area contributed by atoms with Crippen molar-refractivity contribution in [1.29, 1.82) is 0 Å². The van der Waals surface area contributed by atoms with Crippen molar-refractivity contribution in [2.75, 3.05) is 26.4 Å². The van der Waals surface area contributed by atoms with E-state index >= 15 is 0 Å². The Morgan fingerprint density at radius 3 is 2.65 bits per heavy atom. The summed E-state index contributed by atoms with van der Waals surface area (Å²) in [6, 6.07) is 7.11. The van der Waals surface area contributed by atoms with Gasteiger partial charge in [0, 0.05) is 24.3 Å². The lowest BCUT2D eigenvalue weighted by atomic mass is 10.1. The molecular weight excluding hydrogens is 322 g/mol. The highest BCUT2D eigenvalue weighted by atomic mass is 35.5. The van der Waals surface area contributed by atoms with Crippen molar-refractivity contribution in [3.63, 3.8) is 0 Å². The van der Waals surface area contributed by atoms with Crippen LogP contribution in [0.4, 0.5) is 0 Å². The van der Waals surface area contributed by atoms with E-state index in [1.807, 2.05) is 18.2 Å². The molecule has 0 aromatic heterocycles. The number of carboxylic acid groups (broad SMARTS) is 1. The Bertz CT molecular complexity index is 545. The van der Waals surface area contributed by atoms with Crippen molar-refractivity contribution in [3.8, 4) is 0 Å². The van der Waals surface area contributed by atoms with Crippen molar-refractivity contribution in [1.82, 2.24) is 4.90 Å². The molecule has 7 heteroatoms. The van der Waals surface area contributed by atoms with E-state index in [0.29, 0.717) is 31.1 Å². The van der Waals surface area contributed by atoms with Crippen LogP contribution in [-0.2, 0) is 25.7 Å². The van der Waals surface area contributed by atoms with Gasteiger partial charge >= 0.3 is 5.97 Å². The summed E-state index contributed by atoms with van der Waals surface area (Å²) in [6.45, 7) is 0.790. The SMILES string of the molecule is O=C(O)CN(C(=O)COCc1ccccc1Cl)C1CCOCC1. The number of rotatable bonds is 7. The summed E-state index contributed by atoms with van der Waals surface area (Å²) in [4.78, 5) is 24.7. The van der Waals surface area contributed by atoms with Crippen LogP contribution in [0.3, 0.4) is 0 Å². The Morgan fingerprint density at radius 2 is 2.00 bits per heavy atom. The molecule has 126 valence electrons. The van der Waals surface area contributed by atoms with Gasteiger partial charge < -0.3 is 19.5 Å². The minimum atomic E-state index is -1.03. The molecule has 0 radical (unpaired) electrons. The van der Waals surface area contributed by atoms with Gasteiger partial charge in [-0.25, -0.2) is 0 Å². The van der Waals surface area contributed by atoms with Crippen LogP contribution in [0, 0.1) is 0 Å². The maximum absolute atomic E-state index is 12.3. The third kappa shape index (κ3) is 5.49. The molecule has 0 spiro atoms. The Morgan fingerprint density at radius 1 is 1.30 bits per heavy atom. The summed E-state index contributed by atoms with van der Waals surface area (Å²) >= 11 is 6.03. The van der Waals surface area contributed by atoms with Crippen molar-refractivity contribution in [2.45, 2.75) is 25.5 Å². The van der Waals surface area contributed by atoms with E-state index in [0.717, 1.165) is 5.56 Å². The quantitative estimate of drug-likeness (QED) is 0.820. The number of halogens is 1. The highest BCUT2D eigenvalue weighted by Gasteiger charge is 2.27. The zero-order chi connectivity index (χ0) is 16.7. The smallest absolute Gasteiger partial charge is 0.323 e. The number of amides is 1. The van der Waals surface area contributed by atoms with Gasteiger partial charge in [0.15, 0.2) is 0 Å². The molecule has 1 aliphatic heterocycles. The molecule has 0 bridgehead atoms. The van der Waals surface area contributed by atoms with Gasteiger partial charge in [0.1, 0.15) is 13.2 Å². The predicted molar refractivity (Wildman–Crippen MR) is 84.3 cm³/mol. The fraction of sp³-hybridized carbons (Fsp3) is 0.500. The molecule has 1 aliphatic rings. The van der Waals surface area contributed by atoms with Crippen LogP contribution < -0.4 is 0 Å². The molecule has 1 amide bonds. The first-order valence-corrected chi connectivity index (χ1v) is 7.86. The Labute approximate surface area is 139 Å². The average Bonchev–Trinajstić information content (AvgIpc) is 2.55. The van der Waals surface area contributed by atoms with Crippen molar-refractivity contribution in [2.24, 2.45) is 0 Å². The summed E-state index contributed by atoms with van der Waals surface area (Å²) in [5, 5.41) is 9.60. The second-order valence-electron chi connectivity index (χ2n) is 5.34. The van der Waals surface area contributed by atoms with E-state index < -0.39 is 5.97 Å². The molecule has 0 saturated carbocycles. The second kappa shape index (κ2) is 8.86. The minimum Gasteiger partial charge on any atom is -0.480 e. The molecule has 0 aliphatic carbocycles. The summed E-state index contributed by atoms with van der Waals surface area (Å²) in [6.07, 6.45) is 1.28. The number of carboxylic acids is 1. The summed E-state index contributed by atoms with van der Waals surface area (Å²) in [7, 11) is 0. The van der Waals surface area contributed by atoms with E-state index in [4.69, 9.17) is 26.2 Å². The second-order valence-corrected chi connectivity index (χ2v) is 5.75. The number of carbonyl (C=O) groups excluding carboxylic acids is 1. The lowest BCUT2D eigenvalue weighted by Crippen LogP contribution is -2.47. The molecule has 1 aromatic rings. The van der Waals surface area contributed by atoms with Crippen molar-refractivity contribution >= 4 is 23.5 Å². The van der Waals surface area contributed by atoms with E-state index in [9.17, 15) is 9.59 Å². The first kappa shape index (κ1) is 17.7. The minimum absolute atomic E-state index is 0.115. The third-order valence-corrected chi connectivity index (χ3v) is 4.07. The number of benzene rings is 1. The fourth-order valence-corrected chi connectivity index (χ4v) is 2.70. The number of ether oxygens (including phenoxy) is 2. The van der Waals surface area contributed by atoms with Crippen LogP contribution in [-0.4, -0.2) is 54.3 Å². The highest BCUT2D eigenvalue weighted by Crippen LogP contribution is 2.17. The van der Waals surface area contributed by atoms with E-state index in [-0.39, 0.29) is 31.7 Å². The first-order valence-electron chi connectivity index (χ1n) is 7.48. The van der Waals surface area contributed by atoms with Gasteiger partial charge in [-0.05, 0) is 24.5 Å². The van der Waals surface area contributed by atoms with Gasteiger partial charge in [-0.2, -0.15) is 0 Å². The molecule has 6 nitrogen and oxygen atoms in total. The third-order valence-electron chi connectivity index (χ3n) is 3.70. The Balaban J connectivity index is 1.89. The number of aliphatic carboxylic acids is 1. The maximum atomic E-state index is 12.3. The Kier molecular flexibility index (Phi) is 6.83. The van der Waals surface area contributed by atoms with Crippen molar-refractivity contribution in [3.05, 3.63) is 34.9 Å². The highest BCUT2D eigenvalue weighted by molar-refractivity contribution is 6.31.